The van der Waals surface area contributed by atoms with E-state index in [4.69, 9.17) is 11.6 Å². The largest absolute Gasteiger partial charge is 0.365 e. The molecule has 1 fully saturated rings. The van der Waals surface area contributed by atoms with Crippen molar-refractivity contribution < 1.29 is 9.59 Å². The lowest BCUT2D eigenvalue weighted by Gasteiger charge is -2.40. The van der Waals surface area contributed by atoms with Crippen molar-refractivity contribution in [2.75, 3.05) is 11.9 Å². The second kappa shape index (κ2) is 7.33. The molecule has 2 aromatic rings. The Morgan fingerprint density at radius 3 is 2.53 bits per heavy atom. The molecule has 4 rings (SSSR count). The maximum atomic E-state index is 12.8. The molecule has 0 bridgehead atoms. The first kappa shape index (κ1) is 20.2. The van der Waals surface area contributed by atoms with Crippen molar-refractivity contribution in [1.29, 1.82) is 0 Å². The smallest absolute Gasteiger partial charge is 0.329 e. The Morgan fingerprint density at radius 2 is 1.83 bits per heavy atom. The van der Waals surface area contributed by atoms with E-state index < -0.39 is 6.03 Å². The molecule has 0 saturated carbocycles. The quantitative estimate of drug-likeness (QED) is 0.556. The number of nitrogens with one attached hydrogen (secondary N) is 1. The van der Waals surface area contributed by atoms with Crippen LogP contribution in [0.5, 0.6) is 0 Å². The first-order valence-corrected chi connectivity index (χ1v) is 10.2. The second-order valence-electron chi connectivity index (χ2n) is 8.30. The molecule has 0 radical (unpaired) electrons. The number of imide groups is 1. The molecule has 3 amide bonds. The zero-order valence-electron chi connectivity index (χ0n) is 17.5. The van der Waals surface area contributed by atoms with E-state index in [0.29, 0.717) is 10.6 Å². The molecule has 1 N–H and O–H groups in total. The summed E-state index contributed by atoms with van der Waals surface area (Å²) < 4.78 is 0. The number of nitrogens with zero attached hydrogens (tertiary/aromatic N) is 2. The summed E-state index contributed by atoms with van der Waals surface area (Å²) in [7, 11) is 2.04. The first-order chi connectivity index (χ1) is 14.2. The highest BCUT2D eigenvalue weighted by Crippen LogP contribution is 2.41. The summed E-state index contributed by atoms with van der Waals surface area (Å²) >= 11 is 6.57. The number of fused-ring (bicyclic) bond motifs is 1. The third-order valence-electron chi connectivity index (χ3n) is 5.78. The van der Waals surface area contributed by atoms with Gasteiger partial charge in [0, 0.05) is 23.3 Å². The first-order valence-electron chi connectivity index (χ1n) is 9.83. The fourth-order valence-corrected chi connectivity index (χ4v) is 4.15. The molecule has 0 unspecified atom stereocenters. The van der Waals surface area contributed by atoms with Crippen LogP contribution in [-0.4, -0.2) is 29.4 Å². The maximum absolute atomic E-state index is 12.8. The number of halogens is 1. The van der Waals surface area contributed by atoms with Gasteiger partial charge in [-0.05, 0) is 55.7 Å². The van der Waals surface area contributed by atoms with Gasteiger partial charge in [0.05, 0.1) is 12.1 Å². The van der Waals surface area contributed by atoms with Crippen molar-refractivity contribution in [3.8, 4) is 0 Å². The van der Waals surface area contributed by atoms with Gasteiger partial charge in [-0.3, -0.25) is 9.69 Å². The molecule has 0 spiro atoms. The number of benzene rings is 2. The average molecular weight is 422 g/mol. The van der Waals surface area contributed by atoms with Crippen molar-refractivity contribution in [3.63, 3.8) is 0 Å². The lowest BCUT2D eigenvalue weighted by molar-refractivity contribution is -0.123. The van der Waals surface area contributed by atoms with E-state index >= 15 is 0 Å². The van der Waals surface area contributed by atoms with E-state index in [-0.39, 0.29) is 23.7 Å². The summed E-state index contributed by atoms with van der Waals surface area (Å²) in [4.78, 5) is 28.6. The van der Waals surface area contributed by atoms with Gasteiger partial charge in [-0.2, -0.15) is 0 Å². The normalized spacial score (nSPS) is 19.1. The maximum Gasteiger partial charge on any atom is 0.329 e. The third-order valence-corrected chi connectivity index (χ3v) is 6.11. The molecule has 5 nitrogen and oxygen atoms in total. The molecule has 2 heterocycles. The van der Waals surface area contributed by atoms with E-state index in [2.05, 4.69) is 37.1 Å². The molecule has 0 atom stereocenters. The molecular weight excluding hydrogens is 398 g/mol. The van der Waals surface area contributed by atoms with Crippen LogP contribution in [0.2, 0.25) is 5.02 Å². The van der Waals surface area contributed by atoms with E-state index in [0.717, 1.165) is 22.4 Å². The molecule has 2 aromatic carbocycles. The number of carbonyl (C=O) groups excluding carboxylic acids is 2. The highest BCUT2D eigenvalue weighted by molar-refractivity contribution is 6.32. The van der Waals surface area contributed by atoms with Gasteiger partial charge in [0.15, 0.2) is 0 Å². The Kier molecular flexibility index (Phi) is 4.94. The van der Waals surface area contributed by atoms with Crippen LogP contribution in [0.3, 0.4) is 0 Å². The highest BCUT2D eigenvalue weighted by atomic mass is 35.5. The Balaban J connectivity index is 1.67. The molecule has 2 aliphatic heterocycles. The van der Waals surface area contributed by atoms with E-state index in [1.807, 2.05) is 49.5 Å². The Bertz CT molecular complexity index is 1100. The third kappa shape index (κ3) is 3.50. The van der Waals surface area contributed by atoms with Gasteiger partial charge in [0.2, 0.25) is 0 Å². The zero-order valence-corrected chi connectivity index (χ0v) is 18.2. The summed E-state index contributed by atoms with van der Waals surface area (Å²) in [5.74, 6) is -0.358. The van der Waals surface area contributed by atoms with Crippen LogP contribution < -0.4 is 10.2 Å². The Hall–Kier alpha value is -3.05. The monoisotopic (exact) mass is 421 g/mol. The van der Waals surface area contributed by atoms with Crippen LogP contribution in [-0.2, 0) is 11.3 Å². The number of carbonyl (C=O) groups is 2. The average Bonchev–Trinajstić information content (AvgIpc) is 2.95. The number of hydrogen-bond acceptors (Lipinski definition) is 3. The van der Waals surface area contributed by atoms with Crippen molar-refractivity contribution in [2.45, 2.75) is 32.9 Å². The number of allylic oxidation sites excluding steroid dienone is 1. The lowest BCUT2D eigenvalue weighted by Crippen LogP contribution is -2.42. The number of likely N-dealkylation sites (N-methyl/N-ethyl adjacent to an activating group) is 1. The van der Waals surface area contributed by atoms with E-state index in [1.165, 1.54) is 4.90 Å². The molecule has 0 aromatic heterocycles. The fourth-order valence-electron chi connectivity index (χ4n) is 3.94. The van der Waals surface area contributed by atoms with Crippen LogP contribution in [0.1, 0.15) is 37.5 Å². The van der Waals surface area contributed by atoms with Gasteiger partial charge >= 0.3 is 6.03 Å². The Labute approximate surface area is 181 Å². The molecule has 2 aliphatic rings. The number of urea groups is 1. The summed E-state index contributed by atoms with van der Waals surface area (Å²) in [5.41, 5.74) is 4.95. The summed E-state index contributed by atoms with van der Waals surface area (Å²) in [6.07, 6.45) is 3.87. The number of rotatable bonds is 3. The number of amides is 3. The van der Waals surface area contributed by atoms with Gasteiger partial charge in [-0.25, -0.2) is 4.79 Å². The molecule has 1 saturated heterocycles. The molecule has 30 heavy (non-hydrogen) atoms. The zero-order chi connectivity index (χ0) is 21.6. The van der Waals surface area contributed by atoms with Gasteiger partial charge in [0.25, 0.3) is 5.91 Å². The SMILES string of the molecule is CC1=CC(C)(C)N(C)c2cc(Cl)c(/C=C3/NC(=O)N(Cc4ccccc4)C3=O)cc21. The minimum Gasteiger partial charge on any atom is -0.365 e. The van der Waals surface area contributed by atoms with Crippen LogP contribution >= 0.6 is 11.6 Å². The summed E-state index contributed by atoms with van der Waals surface area (Å²) in [6, 6.07) is 12.9. The predicted molar refractivity (Wildman–Crippen MR) is 121 cm³/mol. The van der Waals surface area contributed by atoms with Crippen molar-refractivity contribution in [3.05, 3.63) is 76.0 Å². The predicted octanol–water partition coefficient (Wildman–Crippen LogP) is 5.06. The number of hydrogen-bond donors (Lipinski definition) is 1. The minimum absolute atomic E-state index is 0.117. The molecular formula is C24H24ClN3O2. The summed E-state index contributed by atoms with van der Waals surface area (Å²) in [5, 5.41) is 3.21. The standard InChI is InChI=1S/C24H24ClN3O2/c1-15-13-24(2,3)27(4)21-12-19(25)17(10-18(15)21)11-20-22(29)28(23(30)26-20)14-16-8-6-5-7-9-16/h5-13H,14H2,1-4H3,(H,26,30)/b20-11+. The van der Waals surface area contributed by atoms with Gasteiger partial charge in [-0.15, -0.1) is 0 Å². The molecule has 0 aliphatic carbocycles. The van der Waals surface area contributed by atoms with Gasteiger partial charge in [0.1, 0.15) is 5.70 Å². The summed E-state index contributed by atoms with van der Waals surface area (Å²) in [6.45, 7) is 6.60. The lowest BCUT2D eigenvalue weighted by atomic mass is 9.88. The van der Waals surface area contributed by atoms with Crippen molar-refractivity contribution in [2.24, 2.45) is 0 Å². The van der Waals surface area contributed by atoms with Crippen LogP contribution in [0.4, 0.5) is 10.5 Å². The fraction of sp³-hybridized carbons (Fsp3) is 0.250. The Morgan fingerprint density at radius 1 is 1.13 bits per heavy atom. The van der Waals surface area contributed by atoms with Gasteiger partial charge in [-0.1, -0.05) is 48.0 Å². The van der Waals surface area contributed by atoms with Crippen molar-refractivity contribution in [1.82, 2.24) is 10.2 Å². The van der Waals surface area contributed by atoms with Crippen LogP contribution in [0.15, 0.2) is 54.2 Å². The van der Waals surface area contributed by atoms with E-state index in [9.17, 15) is 9.59 Å². The minimum atomic E-state index is -0.429. The van der Waals surface area contributed by atoms with Crippen LogP contribution in [0.25, 0.3) is 11.6 Å². The van der Waals surface area contributed by atoms with Crippen molar-refractivity contribution >= 4 is 40.9 Å². The molecule has 154 valence electrons. The molecule has 6 heteroatoms. The van der Waals surface area contributed by atoms with Crippen LogP contribution in [0, 0.1) is 0 Å². The second-order valence-corrected chi connectivity index (χ2v) is 8.70. The highest BCUT2D eigenvalue weighted by Gasteiger charge is 2.34. The van der Waals surface area contributed by atoms with Gasteiger partial charge < -0.3 is 10.2 Å². The van der Waals surface area contributed by atoms with E-state index in [1.54, 1.807) is 6.08 Å². The number of anilines is 1. The topological polar surface area (TPSA) is 52.7 Å².